The number of methoxy groups -OCH3 is 1. The monoisotopic (exact) mass is 550 g/mol. The number of H-pyrrole nitrogens is 1. The largest absolute Gasteiger partial charge is 0.453 e. The second-order valence-corrected chi connectivity index (χ2v) is 11.3. The minimum atomic E-state index is -3.74. The number of hydrogen-bond donors (Lipinski definition) is 3. The Hall–Kier alpha value is -3.25. The highest BCUT2D eigenvalue weighted by Gasteiger charge is 2.27. The van der Waals surface area contributed by atoms with Crippen LogP contribution in [-0.2, 0) is 21.2 Å². The van der Waals surface area contributed by atoms with Crippen molar-refractivity contribution in [1.29, 1.82) is 0 Å². The van der Waals surface area contributed by atoms with Gasteiger partial charge in [0.15, 0.2) is 5.82 Å². The van der Waals surface area contributed by atoms with Crippen molar-refractivity contribution >= 4 is 33.4 Å². The lowest BCUT2D eigenvalue weighted by molar-refractivity contribution is 0.167. The van der Waals surface area contributed by atoms with Crippen molar-refractivity contribution < 1.29 is 22.3 Å². The second-order valence-electron chi connectivity index (χ2n) is 9.10. The molecule has 0 aliphatic heterocycles. The normalized spacial score (nSPS) is 14.6. The topological polar surface area (TPSA) is 139 Å². The number of carbonyl (C=O) groups is 1. The van der Waals surface area contributed by atoms with E-state index in [0.717, 1.165) is 25.5 Å². The van der Waals surface area contributed by atoms with Crippen molar-refractivity contribution in [3.63, 3.8) is 0 Å². The molecule has 1 amide bonds. The molecule has 1 saturated carbocycles. The highest BCUT2D eigenvalue weighted by atomic mass is 35.5. The average molecular weight is 551 g/mol. The van der Waals surface area contributed by atoms with Crippen LogP contribution in [0.15, 0.2) is 24.4 Å². The van der Waals surface area contributed by atoms with Crippen LogP contribution < -0.4 is 10.0 Å². The summed E-state index contributed by atoms with van der Waals surface area (Å²) in [5.74, 6) is 0.673. The summed E-state index contributed by atoms with van der Waals surface area (Å²) in [6, 6.07) is 4.16. The zero-order valence-electron chi connectivity index (χ0n) is 20.6. The predicted octanol–water partition coefficient (Wildman–Crippen LogP) is 4.64. The summed E-state index contributed by atoms with van der Waals surface area (Å²) >= 11 is 6.25. The van der Waals surface area contributed by atoms with E-state index in [1.54, 1.807) is 12.3 Å². The van der Waals surface area contributed by atoms with E-state index in [2.05, 4.69) is 29.7 Å². The van der Waals surface area contributed by atoms with Gasteiger partial charge in [-0.2, -0.15) is 0 Å². The highest BCUT2D eigenvalue weighted by Crippen LogP contribution is 2.40. The first-order chi connectivity index (χ1) is 17.5. The van der Waals surface area contributed by atoms with Gasteiger partial charge in [0.05, 0.1) is 30.4 Å². The summed E-state index contributed by atoms with van der Waals surface area (Å²) in [6.07, 6.45) is 6.09. The molecule has 1 aliphatic rings. The van der Waals surface area contributed by atoms with E-state index in [1.165, 1.54) is 19.2 Å². The van der Waals surface area contributed by atoms with Gasteiger partial charge < -0.3 is 15.0 Å². The van der Waals surface area contributed by atoms with Gasteiger partial charge in [-0.1, -0.05) is 18.0 Å². The van der Waals surface area contributed by atoms with Crippen molar-refractivity contribution in [3.05, 3.63) is 46.9 Å². The smallest absolute Gasteiger partial charge is 0.407 e. The van der Waals surface area contributed by atoms with Gasteiger partial charge in [-0.05, 0) is 44.4 Å². The number of carbonyl (C=O) groups excluding carboxylic acids is 1. The lowest BCUT2D eigenvalue weighted by Gasteiger charge is -2.22. The maximum atomic E-state index is 15.6. The van der Waals surface area contributed by atoms with Crippen LogP contribution in [0.25, 0.3) is 22.6 Å². The molecular weight excluding hydrogens is 523 g/mol. The zero-order chi connectivity index (χ0) is 26.7. The Labute approximate surface area is 219 Å². The molecule has 0 unspecified atom stereocenters. The average Bonchev–Trinajstić information content (AvgIpc) is 3.22. The van der Waals surface area contributed by atoms with E-state index < -0.39 is 21.9 Å². The fourth-order valence-corrected chi connectivity index (χ4v) is 4.79. The molecule has 37 heavy (non-hydrogen) atoms. The van der Waals surface area contributed by atoms with E-state index in [9.17, 15) is 13.2 Å². The highest BCUT2D eigenvalue weighted by molar-refractivity contribution is 7.92. The molecule has 0 saturated heterocycles. The van der Waals surface area contributed by atoms with Gasteiger partial charge in [-0.3, -0.25) is 4.72 Å². The molecule has 1 atom stereocenters. The van der Waals surface area contributed by atoms with Gasteiger partial charge in [-0.15, -0.1) is 0 Å². The first kappa shape index (κ1) is 26.8. The number of rotatable bonds is 9. The number of alkyl carbamates (subject to hydrolysis) is 1. The number of imidazole rings is 1. The molecule has 2 heterocycles. The third kappa shape index (κ3) is 6.55. The van der Waals surface area contributed by atoms with Gasteiger partial charge in [0, 0.05) is 35.2 Å². The Morgan fingerprint density at radius 2 is 2.08 bits per heavy atom. The fraction of sp³-hybridized carbons (Fsp3) is 0.417. The number of ether oxygens (including phenoxy) is 1. The Bertz CT molecular complexity index is 1410. The Balaban J connectivity index is 1.72. The number of nitrogens with one attached hydrogen (secondary N) is 3. The van der Waals surface area contributed by atoms with Crippen molar-refractivity contribution in [2.45, 2.75) is 51.0 Å². The number of halogens is 2. The molecule has 1 aromatic carbocycles. The van der Waals surface area contributed by atoms with Crippen molar-refractivity contribution in [2.75, 3.05) is 18.1 Å². The molecule has 0 bridgehead atoms. The molecule has 0 spiro atoms. The summed E-state index contributed by atoms with van der Waals surface area (Å²) in [4.78, 5) is 28.4. The number of anilines is 1. The lowest BCUT2D eigenvalue weighted by atomic mass is 9.85. The Morgan fingerprint density at radius 3 is 2.73 bits per heavy atom. The molecule has 1 fully saturated rings. The lowest BCUT2D eigenvalue weighted by Crippen LogP contribution is -2.32. The van der Waals surface area contributed by atoms with E-state index in [1.807, 2.05) is 6.92 Å². The quantitative estimate of drug-likeness (QED) is 0.352. The number of aryl methyl sites for hydroxylation is 1. The van der Waals surface area contributed by atoms with Gasteiger partial charge in [-0.25, -0.2) is 32.6 Å². The molecule has 0 radical (unpaired) electrons. The number of nitrogens with zero attached hydrogens (tertiary/aromatic N) is 3. The first-order valence-corrected chi connectivity index (χ1v) is 14.0. The maximum absolute atomic E-state index is 15.6. The van der Waals surface area contributed by atoms with Gasteiger partial charge in [0.1, 0.15) is 17.3 Å². The molecule has 2 aromatic heterocycles. The van der Waals surface area contributed by atoms with Crippen LogP contribution in [0.1, 0.15) is 50.2 Å². The third-order valence-electron chi connectivity index (χ3n) is 6.11. The van der Waals surface area contributed by atoms with Crippen LogP contribution in [0.2, 0.25) is 5.02 Å². The van der Waals surface area contributed by atoms with Crippen LogP contribution in [0.3, 0.4) is 0 Å². The van der Waals surface area contributed by atoms with Crippen molar-refractivity contribution in [1.82, 2.24) is 25.3 Å². The standard InChI is InChI=1S/C24H28ClFN6O4S/c1-13(28-24(33)36-2)7-8-19-27-10-9-17(29-19)22-21(30-23(31-22)14-5-4-6-14)16-11-15(25)12-18(20(16)26)32-37(3,34)35/h9-14,32H,4-8H2,1-3H3,(H,28,33)(H,30,31)/t13-/m0/s1. The van der Waals surface area contributed by atoms with Gasteiger partial charge >= 0.3 is 6.09 Å². The number of benzene rings is 1. The van der Waals surface area contributed by atoms with E-state index in [0.29, 0.717) is 35.9 Å². The molecule has 10 nitrogen and oxygen atoms in total. The van der Waals surface area contributed by atoms with Crippen molar-refractivity contribution in [2.24, 2.45) is 0 Å². The zero-order valence-corrected chi connectivity index (χ0v) is 22.2. The SMILES string of the molecule is COC(=O)N[C@@H](C)CCc1nccc(-c2[nH]c(C3CCC3)nc2-c2cc(Cl)cc(NS(C)(=O)=O)c2F)n1. The van der Waals surface area contributed by atoms with Crippen LogP contribution in [0.5, 0.6) is 0 Å². The van der Waals surface area contributed by atoms with Crippen LogP contribution in [0.4, 0.5) is 14.9 Å². The molecule has 1 aliphatic carbocycles. The number of sulfonamides is 1. The summed E-state index contributed by atoms with van der Waals surface area (Å²) in [7, 11) is -2.44. The molecule has 4 rings (SSSR count). The number of hydrogen-bond acceptors (Lipinski definition) is 7. The second kappa shape index (κ2) is 11.0. The van der Waals surface area contributed by atoms with Crippen LogP contribution >= 0.6 is 11.6 Å². The minimum absolute atomic E-state index is 0.0477. The molecule has 3 N–H and O–H groups in total. The maximum Gasteiger partial charge on any atom is 0.407 e. The van der Waals surface area contributed by atoms with E-state index in [-0.39, 0.29) is 33.9 Å². The van der Waals surface area contributed by atoms with Crippen LogP contribution in [-0.4, -0.2) is 53.9 Å². The van der Waals surface area contributed by atoms with Crippen molar-refractivity contribution in [3.8, 4) is 22.6 Å². The van der Waals surface area contributed by atoms with Crippen LogP contribution in [0, 0.1) is 5.82 Å². The summed E-state index contributed by atoms with van der Waals surface area (Å²) in [5.41, 5.74) is 1.05. The number of amides is 1. The van der Waals surface area contributed by atoms with Gasteiger partial charge in [0.2, 0.25) is 10.0 Å². The summed E-state index contributed by atoms with van der Waals surface area (Å²) in [6.45, 7) is 1.85. The molecule has 3 aromatic rings. The molecule has 13 heteroatoms. The third-order valence-corrected chi connectivity index (χ3v) is 6.92. The van der Waals surface area contributed by atoms with Gasteiger partial charge in [0.25, 0.3) is 0 Å². The molecular formula is C24H28ClFN6O4S. The number of aromatic amines is 1. The molecule has 198 valence electrons. The Kier molecular flexibility index (Phi) is 7.98. The number of aromatic nitrogens is 4. The predicted molar refractivity (Wildman–Crippen MR) is 138 cm³/mol. The van der Waals surface area contributed by atoms with E-state index in [4.69, 9.17) is 16.6 Å². The Morgan fingerprint density at radius 1 is 1.32 bits per heavy atom. The first-order valence-electron chi connectivity index (χ1n) is 11.8. The van der Waals surface area contributed by atoms with E-state index >= 15 is 4.39 Å². The summed E-state index contributed by atoms with van der Waals surface area (Å²) in [5, 5.41) is 2.85. The minimum Gasteiger partial charge on any atom is -0.453 e. The summed E-state index contributed by atoms with van der Waals surface area (Å²) < 4.78 is 45.9. The fourth-order valence-electron chi connectivity index (χ4n) is 4.02.